The zero-order valence-corrected chi connectivity index (χ0v) is 78.1. The number of H-pyrrole nitrogens is 4. The lowest BCUT2D eigenvalue weighted by Crippen LogP contribution is -2.23. The number of carbonyl (C=O) groups is 4. The molecule has 4 amide bonds. The summed E-state index contributed by atoms with van der Waals surface area (Å²) in [5, 5.41) is 79.6. The van der Waals surface area contributed by atoms with E-state index in [-0.39, 0.29) is 68.6 Å². The Bertz CT molecular complexity index is 7200. The first kappa shape index (κ1) is 95.2. The van der Waals surface area contributed by atoms with Crippen molar-refractivity contribution in [3.8, 4) is 74.5 Å². The largest absolute Gasteiger partial charge is 0.497 e. The molecule has 0 saturated heterocycles. The van der Waals surface area contributed by atoms with Crippen LogP contribution in [0.15, 0.2) is 203 Å². The van der Waals surface area contributed by atoms with Gasteiger partial charge in [0, 0.05) is 58.4 Å². The molecule has 0 bridgehead atoms. The van der Waals surface area contributed by atoms with Crippen LogP contribution in [0.3, 0.4) is 0 Å². The summed E-state index contributed by atoms with van der Waals surface area (Å²) in [4.78, 5) is 69.4. The summed E-state index contributed by atoms with van der Waals surface area (Å²) in [7, 11) is 12.5. The predicted octanol–water partition coefficient (Wildman–Crippen LogP) is 14.1. The lowest BCUT2D eigenvalue weighted by molar-refractivity contribution is -0.114. The minimum absolute atomic E-state index is 0.0473. The summed E-state index contributed by atoms with van der Waals surface area (Å²) in [5.74, 6) is 4.84. The number of aromatic amines is 4. The van der Waals surface area contributed by atoms with Gasteiger partial charge < -0.3 is 63.9 Å². The molecule has 0 aliphatic rings. The first-order valence-electron chi connectivity index (χ1n) is 41.0. The highest BCUT2D eigenvalue weighted by molar-refractivity contribution is 8.00. The summed E-state index contributed by atoms with van der Waals surface area (Å²) >= 11 is 4.88. The zero-order valence-electron chi connectivity index (χ0n) is 74.9. The first-order valence-corrected chi connectivity index (χ1v) is 45.0. The van der Waals surface area contributed by atoms with Crippen LogP contribution in [0.25, 0.3) is 66.9 Å². The third-order valence-corrected chi connectivity index (χ3v) is 24.0. The summed E-state index contributed by atoms with van der Waals surface area (Å²) in [5.41, 5.74) is 12.0. The number of amides is 4. The number of thioether (sulfide) groups is 4. The van der Waals surface area contributed by atoms with E-state index >= 15 is 0 Å². The quantitative estimate of drug-likeness (QED) is 0.0142. The number of methoxy groups -OCH3 is 8. The molecule has 133 heavy (non-hydrogen) atoms. The molecule has 0 aliphatic carbocycles. The van der Waals surface area contributed by atoms with E-state index in [1.54, 1.807) is 129 Å². The fraction of sp³-hybridized carbons (Fsp3) is 0.217. The molecule has 8 heterocycles. The maximum Gasteiger partial charge on any atom is 0.234 e. The van der Waals surface area contributed by atoms with Crippen molar-refractivity contribution in [3.05, 3.63) is 232 Å². The summed E-state index contributed by atoms with van der Waals surface area (Å²) in [6.07, 6.45) is 0.923. The van der Waals surface area contributed by atoms with Crippen LogP contribution < -0.4 is 85.8 Å². The Balaban J connectivity index is 0.000000151. The molecule has 8 aromatic heterocycles. The van der Waals surface area contributed by atoms with Gasteiger partial charge in [0.1, 0.15) is 73.7 Å². The SMILES string of the molecule is CCOc1ccc(-n2c(SCC(=O)Nc3ccccc3OC)nc3n[nH]c(C)c3c2=N)cc1.CCc1ccc(-n2c(SCC(=O)Nc3cc(OC)ccc3OC)nc3n[nH]c(C)c3c2=N)cc1.COc1cccc(-n2c(SCC(=O)Nc3cc(OC)ccc3OC)nc3n[nH]c(C)c3c2=N)c1.COc1cccc(-n2c(SCC(=O)Nc3ccccc3OC)nc3n[nH]c(C)c3c2=N)c1. The Hall–Kier alpha value is -15.4. The Kier molecular flexibility index (Phi) is 31.7. The van der Waals surface area contributed by atoms with Crippen LogP contribution in [0.2, 0.25) is 0 Å². The van der Waals surface area contributed by atoms with E-state index in [1.807, 2.05) is 156 Å². The maximum atomic E-state index is 12.8. The van der Waals surface area contributed by atoms with Crippen molar-refractivity contribution >= 4 is 138 Å². The van der Waals surface area contributed by atoms with Gasteiger partial charge in [-0.25, -0.2) is 19.9 Å². The Morgan fingerprint density at radius 2 is 0.609 bits per heavy atom. The van der Waals surface area contributed by atoms with Crippen molar-refractivity contribution in [1.29, 1.82) is 21.6 Å². The minimum Gasteiger partial charge on any atom is -0.497 e. The number of hydrogen-bond donors (Lipinski definition) is 12. The van der Waals surface area contributed by atoms with E-state index in [9.17, 15) is 19.2 Å². The molecule has 0 saturated carbocycles. The van der Waals surface area contributed by atoms with E-state index in [0.717, 1.165) is 46.3 Å². The smallest absolute Gasteiger partial charge is 0.234 e. The normalized spacial score (nSPS) is 10.9. The highest BCUT2D eigenvalue weighted by atomic mass is 32.2. The molecule has 37 nitrogen and oxygen atoms in total. The lowest BCUT2D eigenvalue weighted by Gasteiger charge is -2.15. The van der Waals surface area contributed by atoms with Crippen molar-refractivity contribution in [3.63, 3.8) is 0 Å². The molecule has 8 aromatic carbocycles. The second-order valence-corrected chi connectivity index (χ2v) is 32.5. The number of carbonyl (C=O) groups excluding carboxylic acids is 4. The number of fused-ring (bicyclic) bond motifs is 4. The van der Waals surface area contributed by atoms with Crippen molar-refractivity contribution in [1.82, 2.24) is 79.0 Å². The number of anilines is 4. The Labute approximate surface area is 778 Å². The summed E-state index contributed by atoms with van der Waals surface area (Å²) < 4.78 is 54.8. The van der Waals surface area contributed by atoms with Crippen LogP contribution in [0.4, 0.5) is 22.7 Å². The van der Waals surface area contributed by atoms with Crippen LogP contribution >= 0.6 is 47.0 Å². The molecular formula is C92H96N24O13S4. The number of nitrogens with one attached hydrogen (secondary N) is 12. The standard InChI is InChI=1S/C24H26N6O3S.C23H24N6O4S.C23H24N6O3S.C22H22N6O3S/c1-5-15-6-8-16(9-7-15)30-22(25)21-14(2)28-29-23(21)27-24(30)34-13-20(31)26-18-12-17(32-3)10-11-19(18)33-4;1-13-20-21(24)29(14-6-5-7-15(10-14)31-2)23(26-22(20)28-27-13)34-12-19(30)25-17-11-16(32-3)8-9-18(17)33-4;1-4-32-16-11-9-15(10-12-16)29-21(24)20-14(2)27-28-22(20)26-23(29)33-13-19(30)25-17-7-5-6-8-18(17)31-3;1-13-19-20(23)28(14-7-6-8-15(11-14)30-2)22(25-21(19)27-26-13)32-12-18(29)24-16-9-4-5-10-17(16)31-3/h6-12,25H,5,13H2,1-4H3,(H,26,31)(H,28,29);5-11,24H,12H2,1-4H3,(H,25,30)(H,27,28);5-12,24H,4,13H2,1-3H3,(H,25,30)(H,27,28);4-11,23H,12H2,1-3H3,(H,24,29)(H,26,27). The Morgan fingerprint density at radius 1 is 0.323 bits per heavy atom. The third kappa shape index (κ3) is 22.4. The summed E-state index contributed by atoms with van der Waals surface area (Å²) in [6.45, 7) is 12.0. The minimum atomic E-state index is -0.264. The monoisotopic (exact) mass is 1870 g/mol. The van der Waals surface area contributed by atoms with E-state index in [0.29, 0.717) is 151 Å². The number of ether oxygens (including phenoxy) is 9. The number of aromatic nitrogens is 16. The van der Waals surface area contributed by atoms with Gasteiger partial charge in [-0.15, -0.1) is 0 Å². The molecule has 12 N–H and O–H groups in total. The van der Waals surface area contributed by atoms with Crippen molar-refractivity contribution in [2.24, 2.45) is 0 Å². The van der Waals surface area contributed by atoms with E-state index in [1.165, 1.54) is 59.7 Å². The van der Waals surface area contributed by atoms with Gasteiger partial charge in [0.15, 0.2) is 43.2 Å². The molecule has 16 aromatic rings. The van der Waals surface area contributed by atoms with Crippen LogP contribution in [-0.2, 0) is 25.6 Å². The van der Waals surface area contributed by atoms with E-state index in [4.69, 9.17) is 64.3 Å². The number of nitrogens with zero attached hydrogens (tertiary/aromatic N) is 12. The van der Waals surface area contributed by atoms with Gasteiger partial charge in [-0.1, -0.05) is 103 Å². The number of aryl methyl sites for hydroxylation is 5. The fourth-order valence-corrected chi connectivity index (χ4v) is 16.9. The molecule has 686 valence electrons. The number of rotatable bonds is 31. The average molecular weight is 1870 g/mol. The van der Waals surface area contributed by atoms with Crippen molar-refractivity contribution < 1.29 is 61.8 Å². The molecule has 0 aliphatic heterocycles. The lowest BCUT2D eigenvalue weighted by atomic mass is 10.1. The van der Waals surface area contributed by atoms with Gasteiger partial charge >= 0.3 is 0 Å². The third-order valence-electron chi connectivity index (χ3n) is 20.2. The molecular weight excluding hydrogens is 1780 g/mol. The Morgan fingerprint density at radius 3 is 0.917 bits per heavy atom. The van der Waals surface area contributed by atoms with Gasteiger partial charge in [-0.05, 0) is 156 Å². The second-order valence-electron chi connectivity index (χ2n) is 28.7. The molecule has 0 fully saturated rings. The highest BCUT2D eigenvalue weighted by Crippen LogP contribution is 2.35. The van der Waals surface area contributed by atoms with Crippen molar-refractivity contribution in [2.45, 2.75) is 68.6 Å². The van der Waals surface area contributed by atoms with Gasteiger partial charge in [0.05, 0.1) is 142 Å². The molecule has 16 rings (SSSR count). The molecule has 41 heteroatoms. The summed E-state index contributed by atoms with van der Waals surface area (Å²) in [6, 6.07) is 54.9. The molecule has 0 radical (unpaired) electrons. The molecule has 0 spiro atoms. The number of para-hydroxylation sites is 4. The van der Waals surface area contributed by atoms with Crippen LogP contribution in [-0.4, -0.2) is 189 Å². The zero-order chi connectivity index (χ0) is 94.5. The van der Waals surface area contributed by atoms with Gasteiger partial charge in [-0.2, -0.15) is 20.4 Å². The van der Waals surface area contributed by atoms with Crippen LogP contribution in [0.5, 0.6) is 51.7 Å². The highest BCUT2D eigenvalue weighted by Gasteiger charge is 2.24. The van der Waals surface area contributed by atoms with Gasteiger partial charge in [-0.3, -0.25) is 79.5 Å². The van der Waals surface area contributed by atoms with Crippen LogP contribution in [0.1, 0.15) is 42.2 Å². The van der Waals surface area contributed by atoms with Crippen molar-refractivity contribution in [2.75, 3.05) is 108 Å². The maximum absolute atomic E-state index is 12.8. The number of benzene rings is 8. The first-order chi connectivity index (χ1) is 64.4. The average Bonchev–Trinajstić information content (AvgIpc) is 1.73. The predicted molar refractivity (Wildman–Crippen MR) is 511 cm³/mol. The molecule has 0 atom stereocenters. The molecule has 0 unspecified atom stereocenters. The van der Waals surface area contributed by atoms with Gasteiger partial charge in [0.25, 0.3) is 0 Å². The van der Waals surface area contributed by atoms with E-state index < -0.39 is 0 Å². The van der Waals surface area contributed by atoms with Gasteiger partial charge in [0.2, 0.25) is 23.6 Å². The fourth-order valence-electron chi connectivity index (χ4n) is 13.7. The topological polar surface area (TPSA) is 481 Å². The second kappa shape index (κ2) is 44.3. The van der Waals surface area contributed by atoms with E-state index in [2.05, 4.69) is 88.9 Å². The van der Waals surface area contributed by atoms with Crippen LogP contribution in [0, 0.1) is 49.3 Å². The number of hydrogen-bond acceptors (Lipinski definition) is 29.